The third kappa shape index (κ3) is 3.06. The molecule has 2 heteroatoms. The van der Waals surface area contributed by atoms with E-state index in [4.69, 9.17) is 0 Å². The maximum Gasteiger partial charge on any atom is 0.0672 e. The summed E-state index contributed by atoms with van der Waals surface area (Å²) in [5, 5.41) is 9.40. The molecule has 0 aromatic carbocycles. The summed E-state index contributed by atoms with van der Waals surface area (Å²) in [5.41, 5.74) is 0. The Hall–Kier alpha value is -0.550. The quantitative estimate of drug-likeness (QED) is 0.759. The topological polar surface area (TPSA) is 27.0 Å². The van der Waals surface area contributed by atoms with E-state index < -0.39 is 0 Å². The van der Waals surface area contributed by atoms with E-state index in [0.717, 1.165) is 18.3 Å². The number of rotatable bonds is 3. The van der Waals surface area contributed by atoms with Crippen molar-refractivity contribution in [1.82, 2.24) is 4.90 Å². The maximum absolute atomic E-state index is 9.40. The molecule has 0 radical (unpaired) electrons. The zero-order valence-electron chi connectivity index (χ0n) is 12.1. The third-order valence-electron chi connectivity index (χ3n) is 5.27. The monoisotopic (exact) mass is 248 g/mol. The van der Waals surface area contributed by atoms with Crippen LogP contribution in [0.25, 0.3) is 0 Å². The molecule has 2 rings (SSSR count). The molecule has 0 spiro atoms. The smallest absolute Gasteiger partial charge is 0.0672 e. The number of nitriles is 1. The fourth-order valence-electron chi connectivity index (χ4n) is 3.89. The molecular weight excluding hydrogens is 220 g/mol. The average Bonchev–Trinajstić information content (AvgIpc) is 2.46. The fraction of sp³-hybridized carbons (Fsp3) is 0.938. The molecule has 0 N–H and O–H groups in total. The lowest BCUT2D eigenvalue weighted by Crippen LogP contribution is -2.48. The van der Waals surface area contributed by atoms with Gasteiger partial charge in [-0.3, -0.25) is 4.90 Å². The average molecular weight is 248 g/mol. The van der Waals surface area contributed by atoms with Crippen LogP contribution >= 0.6 is 0 Å². The van der Waals surface area contributed by atoms with Crippen molar-refractivity contribution in [2.75, 3.05) is 13.1 Å². The molecule has 2 aliphatic rings. The summed E-state index contributed by atoms with van der Waals surface area (Å²) in [6.07, 6.45) is 9.00. The minimum atomic E-state index is 0.295. The molecule has 18 heavy (non-hydrogen) atoms. The Balaban J connectivity index is 2.01. The maximum atomic E-state index is 9.40. The number of likely N-dealkylation sites (tertiary alicyclic amines) is 1. The van der Waals surface area contributed by atoms with Crippen LogP contribution in [0.1, 0.15) is 58.8 Å². The highest BCUT2D eigenvalue weighted by atomic mass is 15.2. The Kier molecular flexibility index (Phi) is 5.06. The van der Waals surface area contributed by atoms with E-state index in [0.29, 0.717) is 12.0 Å². The van der Waals surface area contributed by atoms with Gasteiger partial charge in [0.2, 0.25) is 0 Å². The van der Waals surface area contributed by atoms with Crippen molar-refractivity contribution in [3.8, 4) is 6.07 Å². The molecule has 1 aliphatic carbocycles. The van der Waals surface area contributed by atoms with Crippen molar-refractivity contribution in [3.63, 3.8) is 0 Å². The third-order valence-corrected chi connectivity index (χ3v) is 5.27. The molecule has 0 aromatic heterocycles. The number of hydrogen-bond donors (Lipinski definition) is 0. The van der Waals surface area contributed by atoms with Crippen LogP contribution in [0.4, 0.5) is 0 Å². The Morgan fingerprint density at radius 1 is 1.11 bits per heavy atom. The molecule has 0 amide bonds. The molecular formula is C16H28N2. The van der Waals surface area contributed by atoms with Gasteiger partial charge in [0.05, 0.1) is 12.0 Å². The highest BCUT2D eigenvalue weighted by Gasteiger charge is 2.35. The number of hydrogen-bond acceptors (Lipinski definition) is 2. The molecule has 2 nitrogen and oxygen atoms in total. The summed E-state index contributed by atoms with van der Waals surface area (Å²) in [6.45, 7) is 7.09. The van der Waals surface area contributed by atoms with Gasteiger partial charge in [-0.1, -0.05) is 26.7 Å². The van der Waals surface area contributed by atoms with Crippen LogP contribution in [0.2, 0.25) is 0 Å². The van der Waals surface area contributed by atoms with E-state index in [9.17, 15) is 5.26 Å². The predicted octanol–water partition coefficient (Wildman–Crippen LogP) is 3.83. The van der Waals surface area contributed by atoms with Gasteiger partial charge in [-0.15, -0.1) is 0 Å². The Morgan fingerprint density at radius 3 is 2.56 bits per heavy atom. The fourth-order valence-corrected chi connectivity index (χ4v) is 3.89. The second kappa shape index (κ2) is 6.57. The van der Waals surface area contributed by atoms with E-state index >= 15 is 0 Å². The highest BCUT2D eigenvalue weighted by Crippen LogP contribution is 2.35. The van der Waals surface area contributed by atoms with E-state index in [2.05, 4.69) is 24.8 Å². The standard InChI is InChI=1S/C16H28N2/c1-3-13-7-8-15(11-17)16(10-13)18-9-5-6-14(4-2)12-18/h13-16H,3-10,12H2,1-2H3. The molecule has 2 fully saturated rings. The summed E-state index contributed by atoms with van der Waals surface area (Å²) in [5.74, 6) is 2.03. The summed E-state index contributed by atoms with van der Waals surface area (Å²) in [4.78, 5) is 2.66. The molecule has 102 valence electrons. The normalized spacial score (nSPS) is 38.3. The van der Waals surface area contributed by atoms with E-state index in [1.54, 1.807) is 0 Å². The molecule has 4 unspecified atom stereocenters. The van der Waals surface area contributed by atoms with E-state index in [-0.39, 0.29) is 0 Å². The molecule has 4 atom stereocenters. The lowest BCUT2D eigenvalue weighted by Gasteiger charge is -2.43. The van der Waals surface area contributed by atoms with Gasteiger partial charge in [0.1, 0.15) is 0 Å². The van der Waals surface area contributed by atoms with Crippen LogP contribution in [0.5, 0.6) is 0 Å². The first-order valence-electron chi connectivity index (χ1n) is 7.92. The van der Waals surface area contributed by atoms with Crippen molar-refractivity contribution in [2.24, 2.45) is 17.8 Å². The van der Waals surface area contributed by atoms with E-state index in [1.165, 1.54) is 51.6 Å². The molecule has 0 aromatic rings. The first-order valence-corrected chi connectivity index (χ1v) is 7.92. The Bertz CT molecular complexity index is 294. The van der Waals surface area contributed by atoms with Gasteiger partial charge < -0.3 is 0 Å². The van der Waals surface area contributed by atoms with Gasteiger partial charge in [-0.05, 0) is 50.5 Å². The van der Waals surface area contributed by atoms with E-state index in [1.807, 2.05) is 0 Å². The van der Waals surface area contributed by atoms with Gasteiger partial charge >= 0.3 is 0 Å². The predicted molar refractivity (Wildman–Crippen MR) is 75.1 cm³/mol. The second-order valence-corrected chi connectivity index (χ2v) is 6.30. The molecule has 1 aliphatic heterocycles. The van der Waals surface area contributed by atoms with Crippen molar-refractivity contribution in [3.05, 3.63) is 0 Å². The molecule has 1 heterocycles. The van der Waals surface area contributed by atoms with Crippen molar-refractivity contribution >= 4 is 0 Å². The van der Waals surface area contributed by atoms with Gasteiger partial charge in [-0.25, -0.2) is 0 Å². The summed E-state index contributed by atoms with van der Waals surface area (Å²) < 4.78 is 0. The summed E-state index contributed by atoms with van der Waals surface area (Å²) in [6, 6.07) is 3.15. The highest BCUT2D eigenvalue weighted by molar-refractivity contribution is 4.98. The minimum absolute atomic E-state index is 0.295. The van der Waals surface area contributed by atoms with Crippen LogP contribution < -0.4 is 0 Å². The summed E-state index contributed by atoms with van der Waals surface area (Å²) >= 11 is 0. The van der Waals surface area contributed by atoms with Gasteiger partial charge in [0.25, 0.3) is 0 Å². The van der Waals surface area contributed by atoms with Crippen molar-refractivity contribution in [2.45, 2.75) is 64.8 Å². The first-order chi connectivity index (χ1) is 8.78. The Labute approximate surface area is 112 Å². The molecule has 1 saturated carbocycles. The lowest BCUT2D eigenvalue weighted by atomic mass is 9.76. The van der Waals surface area contributed by atoms with Crippen LogP contribution in [0, 0.1) is 29.1 Å². The minimum Gasteiger partial charge on any atom is -0.299 e. The van der Waals surface area contributed by atoms with Crippen molar-refractivity contribution in [1.29, 1.82) is 5.26 Å². The summed E-state index contributed by atoms with van der Waals surface area (Å²) in [7, 11) is 0. The van der Waals surface area contributed by atoms with Gasteiger partial charge in [0.15, 0.2) is 0 Å². The number of nitrogens with zero attached hydrogens (tertiary/aromatic N) is 2. The lowest BCUT2D eigenvalue weighted by molar-refractivity contribution is 0.0592. The number of piperidine rings is 1. The van der Waals surface area contributed by atoms with Crippen LogP contribution in [0.15, 0.2) is 0 Å². The van der Waals surface area contributed by atoms with Crippen LogP contribution in [-0.4, -0.2) is 24.0 Å². The zero-order chi connectivity index (χ0) is 13.0. The van der Waals surface area contributed by atoms with Gasteiger partial charge in [-0.2, -0.15) is 5.26 Å². The zero-order valence-corrected chi connectivity index (χ0v) is 12.1. The SMILES string of the molecule is CCC1CCC(C#N)C(N2CCCC(CC)C2)C1. The molecule has 1 saturated heterocycles. The largest absolute Gasteiger partial charge is 0.299 e. The second-order valence-electron chi connectivity index (χ2n) is 6.30. The van der Waals surface area contributed by atoms with Crippen LogP contribution in [-0.2, 0) is 0 Å². The molecule has 0 bridgehead atoms. The van der Waals surface area contributed by atoms with Crippen molar-refractivity contribution < 1.29 is 0 Å². The van der Waals surface area contributed by atoms with Gasteiger partial charge in [0, 0.05) is 12.6 Å². The Morgan fingerprint density at radius 2 is 1.89 bits per heavy atom. The first kappa shape index (κ1) is 13.9. The van der Waals surface area contributed by atoms with Crippen LogP contribution in [0.3, 0.4) is 0 Å².